The summed E-state index contributed by atoms with van der Waals surface area (Å²) < 4.78 is 45.7. The summed E-state index contributed by atoms with van der Waals surface area (Å²) in [6.45, 7) is 1.10. The van der Waals surface area contributed by atoms with Crippen molar-refractivity contribution in [3.05, 3.63) is 64.9 Å². The van der Waals surface area contributed by atoms with E-state index in [0.29, 0.717) is 13.2 Å². The topological polar surface area (TPSA) is 75.7 Å². The van der Waals surface area contributed by atoms with Gasteiger partial charge in [0.15, 0.2) is 0 Å². The minimum absolute atomic E-state index is 0.0615. The third-order valence-corrected chi connectivity index (χ3v) is 6.49. The third-order valence-electron chi connectivity index (χ3n) is 4.11. The van der Waals surface area contributed by atoms with Crippen LogP contribution in [0.4, 0.5) is 10.1 Å². The van der Waals surface area contributed by atoms with E-state index in [1.165, 1.54) is 46.8 Å². The van der Waals surface area contributed by atoms with Crippen LogP contribution in [0.3, 0.4) is 0 Å². The largest absolute Gasteiger partial charge is 0.379 e. The molecule has 0 bridgehead atoms. The second kappa shape index (κ2) is 8.83. The smallest absolute Gasteiger partial charge is 0.248 e. The fourth-order valence-electron chi connectivity index (χ4n) is 2.66. The number of carbonyl (C=O) groups excluding carboxylic acids is 1. The van der Waals surface area contributed by atoms with Crippen molar-refractivity contribution in [2.45, 2.75) is 4.90 Å². The van der Waals surface area contributed by atoms with Crippen molar-refractivity contribution in [3.8, 4) is 0 Å². The average Bonchev–Trinajstić information content (AvgIpc) is 2.69. The number of sulfonamides is 1. The number of nitrogens with one attached hydrogen (secondary N) is 1. The summed E-state index contributed by atoms with van der Waals surface area (Å²) in [5.41, 5.74) is 0.531. The highest BCUT2D eigenvalue weighted by Gasteiger charge is 2.28. The van der Waals surface area contributed by atoms with Crippen LogP contribution in [0.2, 0.25) is 5.02 Å². The van der Waals surface area contributed by atoms with Crippen molar-refractivity contribution < 1.29 is 22.3 Å². The lowest BCUT2D eigenvalue weighted by Gasteiger charge is -2.26. The lowest BCUT2D eigenvalue weighted by atomic mass is 10.2. The number of rotatable bonds is 5. The molecule has 1 heterocycles. The number of morpholine rings is 1. The van der Waals surface area contributed by atoms with Gasteiger partial charge in [0.25, 0.3) is 0 Å². The second-order valence-corrected chi connectivity index (χ2v) is 8.32. The van der Waals surface area contributed by atoms with Crippen LogP contribution in [-0.4, -0.2) is 44.9 Å². The zero-order valence-corrected chi connectivity index (χ0v) is 16.3. The maximum Gasteiger partial charge on any atom is 0.248 e. The van der Waals surface area contributed by atoms with Gasteiger partial charge in [0.1, 0.15) is 10.7 Å². The number of carbonyl (C=O) groups is 1. The van der Waals surface area contributed by atoms with E-state index < -0.39 is 21.7 Å². The number of hydrogen-bond donors (Lipinski definition) is 1. The summed E-state index contributed by atoms with van der Waals surface area (Å²) in [6.07, 6.45) is 2.51. The number of anilines is 1. The molecule has 0 unspecified atom stereocenters. The van der Waals surface area contributed by atoms with Crippen molar-refractivity contribution in [1.29, 1.82) is 0 Å². The molecule has 0 radical (unpaired) electrons. The van der Waals surface area contributed by atoms with Crippen LogP contribution >= 0.6 is 11.6 Å². The van der Waals surface area contributed by atoms with Gasteiger partial charge in [0.05, 0.1) is 18.2 Å². The first-order valence-electron chi connectivity index (χ1n) is 8.49. The van der Waals surface area contributed by atoms with Crippen molar-refractivity contribution in [2.75, 3.05) is 31.6 Å². The minimum atomic E-state index is -3.81. The molecule has 2 aromatic carbocycles. The molecular weight excluding hydrogens is 407 g/mol. The van der Waals surface area contributed by atoms with E-state index in [0.717, 1.165) is 0 Å². The predicted molar refractivity (Wildman–Crippen MR) is 105 cm³/mol. The molecule has 9 heteroatoms. The van der Waals surface area contributed by atoms with Crippen molar-refractivity contribution in [2.24, 2.45) is 0 Å². The van der Waals surface area contributed by atoms with E-state index in [1.807, 2.05) is 0 Å². The van der Waals surface area contributed by atoms with Crippen LogP contribution in [0.1, 0.15) is 5.56 Å². The lowest BCUT2D eigenvalue weighted by Crippen LogP contribution is -2.40. The molecule has 0 atom stereocenters. The summed E-state index contributed by atoms with van der Waals surface area (Å²) in [5.74, 6) is -0.975. The number of amides is 1. The Morgan fingerprint density at radius 2 is 1.89 bits per heavy atom. The molecule has 1 N–H and O–H groups in total. The molecule has 3 rings (SSSR count). The summed E-state index contributed by atoms with van der Waals surface area (Å²) in [5, 5.41) is 2.62. The maximum absolute atomic E-state index is 13.6. The highest BCUT2D eigenvalue weighted by atomic mass is 35.5. The van der Waals surface area contributed by atoms with Gasteiger partial charge in [-0.05, 0) is 30.3 Å². The summed E-state index contributed by atoms with van der Waals surface area (Å²) in [4.78, 5) is 12.0. The second-order valence-electron chi connectivity index (χ2n) is 6.01. The lowest BCUT2D eigenvalue weighted by molar-refractivity contribution is -0.111. The van der Waals surface area contributed by atoms with E-state index in [2.05, 4.69) is 5.32 Å². The Hall–Kier alpha value is -2.26. The monoisotopic (exact) mass is 424 g/mol. The first-order valence-corrected chi connectivity index (χ1v) is 10.3. The number of hydrogen-bond acceptors (Lipinski definition) is 4. The van der Waals surface area contributed by atoms with Gasteiger partial charge < -0.3 is 10.1 Å². The summed E-state index contributed by atoms with van der Waals surface area (Å²) in [7, 11) is -3.81. The maximum atomic E-state index is 13.6. The zero-order valence-electron chi connectivity index (χ0n) is 14.8. The Balaban J connectivity index is 1.77. The van der Waals surface area contributed by atoms with Gasteiger partial charge in [0.2, 0.25) is 15.9 Å². The molecule has 1 aliphatic heterocycles. The number of halogens is 2. The zero-order chi connectivity index (χ0) is 20.1. The molecule has 0 spiro atoms. The average molecular weight is 425 g/mol. The Morgan fingerprint density at radius 1 is 1.18 bits per heavy atom. The number of benzene rings is 2. The van der Waals surface area contributed by atoms with Gasteiger partial charge in [-0.1, -0.05) is 29.8 Å². The van der Waals surface area contributed by atoms with E-state index in [4.69, 9.17) is 16.3 Å². The van der Waals surface area contributed by atoms with Gasteiger partial charge in [0, 0.05) is 30.4 Å². The molecule has 1 saturated heterocycles. The molecule has 0 aliphatic carbocycles. The van der Waals surface area contributed by atoms with Crippen molar-refractivity contribution in [1.82, 2.24) is 4.31 Å². The van der Waals surface area contributed by atoms with E-state index in [1.54, 1.807) is 12.1 Å². The van der Waals surface area contributed by atoms with Gasteiger partial charge in [-0.2, -0.15) is 4.31 Å². The molecule has 0 saturated carbocycles. The van der Waals surface area contributed by atoms with Crippen molar-refractivity contribution in [3.63, 3.8) is 0 Å². The number of ether oxygens (including phenoxy) is 1. The molecule has 1 fully saturated rings. The van der Waals surface area contributed by atoms with Crippen LogP contribution in [0.5, 0.6) is 0 Å². The minimum Gasteiger partial charge on any atom is -0.379 e. The first kappa shape index (κ1) is 20.5. The molecule has 2 aromatic rings. The van der Waals surface area contributed by atoms with Crippen LogP contribution in [0.25, 0.3) is 6.08 Å². The van der Waals surface area contributed by atoms with E-state index in [9.17, 15) is 17.6 Å². The summed E-state index contributed by atoms with van der Waals surface area (Å²) in [6, 6.07) is 10.2. The molecule has 28 heavy (non-hydrogen) atoms. The van der Waals surface area contributed by atoms with Gasteiger partial charge in [-0.25, -0.2) is 12.8 Å². The van der Waals surface area contributed by atoms with Gasteiger partial charge >= 0.3 is 0 Å². The molecule has 1 aliphatic rings. The van der Waals surface area contributed by atoms with E-state index in [-0.39, 0.29) is 34.3 Å². The molecule has 148 valence electrons. The Kier molecular flexibility index (Phi) is 6.46. The fourth-order valence-corrected chi connectivity index (χ4v) is 4.57. The normalized spacial score (nSPS) is 15.6. The fraction of sp³-hybridized carbons (Fsp3) is 0.211. The van der Waals surface area contributed by atoms with Gasteiger partial charge in [-0.15, -0.1) is 0 Å². The van der Waals surface area contributed by atoms with Crippen LogP contribution < -0.4 is 5.32 Å². The Morgan fingerprint density at radius 3 is 2.61 bits per heavy atom. The molecule has 6 nitrogen and oxygen atoms in total. The third kappa shape index (κ3) is 4.77. The van der Waals surface area contributed by atoms with Crippen molar-refractivity contribution >= 4 is 39.3 Å². The first-order chi connectivity index (χ1) is 13.4. The predicted octanol–water partition coefficient (Wildman–Crippen LogP) is 3.15. The molecule has 1 amide bonds. The number of nitrogens with zero attached hydrogens (tertiary/aromatic N) is 1. The van der Waals surface area contributed by atoms with Crippen LogP contribution in [0, 0.1) is 5.82 Å². The highest BCUT2D eigenvalue weighted by Crippen LogP contribution is 2.28. The quantitative estimate of drug-likeness (QED) is 0.748. The molecular formula is C19H18ClFN2O4S. The van der Waals surface area contributed by atoms with Gasteiger partial charge in [-0.3, -0.25) is 4.79 Å². The molecule has 0 aromatic heterocycles. The highest BCUT2D eigenvalue weighted by molar-refractivity contribution is 7.89. The van der Waals surface area contributed by atoms with E-state index >= 15 is 0 Å². The van der Waals surface area contributed by atoms with Crippen LogP contribution in [0.15, 0.2) is 53.4 Å². The van der Waals surface area contributed by atoms with Crippen LogP contribution in [-0.2, 0) is 19.6 Å². The Bertz CT molecular complexity index is 1000. The SMILES string of the molecule is O=C(/C=C/c1ccccc1F)Nc1ccc(Cl)c(S(=O)(=O)N2CCOCC2)c1. The standard InChI is InChI=1S/C19H18ClFN2O4S/c20-16-7-6-15(13-18(16)28(25,26)23-9-11-27-12-10-23)22-19(24)8-5-14-3-1-2-4-17(14)21/h1-8,13H,9-12H2,(H,22,24)/b8-5+. The summed E-state index contributed by atoms with van der Waals surface area (Å²) >= 11 is 6.09. The Labute approximate surface area is 167 Å².